The molecule has 4 heterocycles. The Kier molecular flexibility index (Phi) is 6.06. The van der Waals surface area contributed by atoms with E-state index in [4.69, 9.17) is 4.74 Å². The predicted octanol–water partition coefficient (Wildman–Crippen LogP) is 3.94. The Morgan fingerprint density at radius 3 is 2.51 bits per heavy atom. The monoisotopic (exact) mass is 479 g/mol. The normalized spacial score (nSPS) is 19.2. The van der Waals surface area contributed by atoms with Crippen molar-refractivity contribution in [3.05, 3.63) is 70.8 Å². The van der Waals surface area contributed by atoms with Gasteiger partial charge in [0.1, 0.15) is 11.6 Å². The molecule has 5 rings (SSSR count). The number of carboxylic acid groups (broad SMARTS) is 1. The van der Waals surface area contributed by atoms with Crippen LogP contribution in [0.1, 0.15) is 35.4 Å². The van der Waals surface area contributed by atoms with E-state index in [2.05, 4.69) is 44.5 Å². The van der Waals surface area contributed by atoms with E-state index in [0.29, 0.717) is 50.8 Å². The van der Waals surface area contributed by atoms with Gasteiger partial charge in [-0.1, -0.05) is 24.3 Å². The SMILES string of the molecule is Cc1cc(Nc2ccc(F)c(CC3(C(=O)O)CCN(C4(c5ccccc5C)COC4)CC3)n2)n[nH]1. The largest absolute Gasteiger partial charge is 0.481 e. The fraction of sp³-hybridized carbons (Fsp3) is 0.423. The molecule has 0 aliphatic carbocycles. The summed E-state index contributed by atoms with van der Waals surface area (Å²) in [6, 6.07) is 13.0. The second-order valence-corrected chi connectivity index (χ2v) is 9.77. The third kappa shape index (κ3) is 4.30. The standard InChI is InChI=1S/C26H30FN5O3/c1-17-5-3-4-6-19(17)26(15-35-16-26)32-11-9-25(10-12-32,24(33)34)14-21-20(27)7-8-22(28-21)29-23-13-18(2)30-31-23/h3-8,13H,9-12,14-16H2,1-2H3,(H,33,34)(H2,28,29,30,31). The zero-order valence-electron chi connectivity index (χ0n) is 20.0. The highest BCUT2D eigenvalue weighted by Gasteiger charge is 2.51. The van der Waals surface area contributed by atoms with Crippen LogP contribution >= 0.6 is 0 Å². The lowest BCUT2D eigenvalue weighted by molar-refractivity contribution is -0.171. The Morgan fingerprint density at radius 1 is 1.17 bits per heavy atom. The number of nitrogens with one attached hydrogen (secondary N) is 2. The smallest absolute Gasteiger partial charge is 0.310 e. The van der Waals surface area contributed by atoms with Crippen LogP contribution in [0.4, 0.5) is 16.0 Å². The van der Waals surface area contributed by atoms with E-state index in [9.17, 15) is 14.3 Å². The maximum atomic E-state index is 14.8. The number of anilines is 2. The number of H-pyrrole nitrogens is 1. The first-order valence-electron chi connectivity index (χ1n) is 11.9. The van der Waals surface area contributed by atoms with E-state index in [0.717, 1.165) is 5.69 Å². The molecule has 1 aromatic carbocycles. The van der Waals surface area contributed by atoms with Crippen molar-refractivity contribution in [1.82, 2.24) is 20.1 Å². The van der Waals surface area contributed by atoms with Crippen molar-refractivity contribution in [1.29, 1.82) is 0 Å². The maximum absolute atomic E-state index is 14.8. The van der Waals surface area contributed by atoms with Crippen LogP contribution in [0.25, 0.3) is 0 Å². The molecule has 2 aromatic heterocycles. The molecule has 2 saturated heterocycles. The molecule has 0 bridgehead atoms. The number of hydrogen-bond acceptors (Lipinski definition) is 6. The van der Waals surface area contributed by atoms with Crippen molar-refractivity contribution in [2.45, 2.75) is 38.6 Å². The Bertz CT molecular complexity index is 1230. The number of benzene rings is 1. The quantitative estimate of drug-likeness (QED) is 0.472. The second kappa shape index (κ2) is 9.05. The van der Waals surface area contributed by atoms with Gasteiger partial charge in [-0.2, -0.15) is 5.10 Å². The highest BCUT2D eigenvalue weighted by Crippen LogP contribution is 2.44. The summed E-state index contributed by atoms with van der Waals surface area (Å²) in [6.07, 6.45) is 0.853. The first kappa shape index (κ1) is 23.4. The lowest BCUT2D eigenvalue weighted by atomic mass is 9.72. The van der Waals surface area contributed by atoms with Gasteiger partial charge in [0.2, 0.25) is 0 Å². The molecule has 3 N–H and O–H groups in total. The summed E-state index contributed by atoms with van der Waals surface area (Å²) in [5.41, 5.74) is 2.15. The van der Waals surface area contributed by atoms with E-state index in [1.807, 2.05) is 25.1 Å². The summed E-state index contributed by atoms with van der Waals surface area (Å²) in [4.78, 5) is 19.3. The zero-order valence-corrected chi connectivity index (χ0v) is 20.0. The van der Waals surface area contributed by atoms with Crippen LogP contribution in [-0.4, -0.2) is 57.5 Å². The van der Waals surface area contributed by atoms with Gasteiger partial charge >= 0.3 is 5.97 Å². The van der Waals surface area contributed by atoms with Gasteiger partial charge in [-0.25, -0.2) is 9.37 Å². The summed E-state index contributed by atoms with van der Waals surface area (Å²) in [5.74, 6) is -0.413. The molecular weight excluding hydrogens is 449 g/mol. The fourth-order valence-electron chi connectivity index (χ4n) is 5.34. The summed E-state index contributed by atoms with van der Waals surface area (Å²) < 4.78 is 20.4. The zero-order chi connectivity index (χ0) is 24.6. The number of piperidine rings is 1. The summed E-state index contributed by atoms with van der Waals surface area (Å²) >= 11 is 0. The molecule has 8 nitrogen and oxygen atoms in total. The molecule has 184 valence electrons. The molecule has 0 amide bonds. The minimum atomic E-state index is -1.08. The van der Waals surface area contributed by atoms with E-state index >= 15 is 0 Å². The van der Waals surface area contributed by atoms with E-state index in [-0.39, 0.29) is 17.7 Å². The van der Waals surface area contributed by atoms with Crippen LogP contribution in [0.3, 0.4) is 0 Å². The molecule has 2 fully saturated rings. The van der Waals surface area contributed by atoms with Crippen molar-refractivity contribution in [2.24, 2.45) is 5.41 Å². The molecule has 0 radical (unpaired) electrons. The highest BCUT2D eigenvalue weighted by atomic mass is 19.1. The highest BCUT2D eigenvalue weighted by molar-refractivity contribution is 5.75. The summed E-state index contributed by atoms with van der Waals surface area (Å²) in [5, 5.41) is 20.2. The minimum Gasteiger partial charge on any atom is -0.481 e. The van der Waals surface area contributed by atoms with E-state index in [1.165, 1.54) is 23.3 Å². The van der Waals surface area contributed by atoms with Crippen molar-refractivity contribution in [3.63, 3.8) is 0 Å². The van der Waals surface area contributed by atoms with Crippen LogP contribution in [0.5, 0.6) is 0 Å². The first-order chi connectivity index (χ1) is 16.8. The number of nitrogens with zero attached hydrogens (tertiary/aromatic N) is 3. The van der Waals surface area contributed by atoms with Gasteiger partial charge in [0.25, 0.3) is 0 Å². The van der Waals surface area contributed by atoms with Gasteiger partial charge in [-0.05, 0) is 49.9 Å². The number of halogens is 1. The summed E-state index contributed by atoms with van der Waals surface area (Å²) in [7, 11) is 0. The van der Waals surface area contributed by atoms with Gasteiger partial charge in [0.15, 0.2) is 5.82 Å². The molecule has 0 atom stereocenters. The number of ether oxygens (including phenoxy) is 1. The van der Waals surface area contributed by atoms with Crippen molar-refractivity contribution in [3.8, 4) is 0 Å². The van der Waals surface area contributed by atoms with Crippen LogP contribution in [0, 0.1) is 25.1 Å². The molecule has 0 spiro atoms. The van der Waals surface area contributed by atoms with E-state index < -0.39 is 17.2 Å². The Hall–Kier alpha value is -3.30. The van der Waals surface area contributed by atoms with Crippen LogP contribution in [-0.2, 0) is 21.5 Å². The molecule has 9 heteroatoms. The lowest BCUT2D eigenvalue weighted by Crippen LogP contribution is -2.63. The third-order valence-corrected chi connectivity index (χ3v) is 7.49. The number of aromatic nitrogens is 3. The second-order valence-electron chi connectivity index (χ2n) is 9.77. The number of hydrogen-bond donors (Lipinski definition) is 3. The van der Waals surface area contributed by atoms with Crippen LogP contribution in [0.15, 0.2) is 42.5 Å². The van der Waals surface area contributed by atoms with Gasteiger partial charge in [0.05, 0.1) is 29.9 Å². The fourth-order valence-corrected chi connectivity index (χ4v) is 5.34. The van der Waals surface area contributed by atoms with Crippen molar-refractivity contribution < 1.29 is 19.0 Å². The predicted molar refractivity (Wildman–Crippen MR) is 129 cm³/mol. The topological polar surface area (TPSA) is 103 Å². The average molecular weight is 480 g/mol. The number of carbonyl (C=O) groups is 1. The molecular formula is C26H30FN5O3. The van der Waals surface area contributed by atoms with Gasteiger partial charge in [0, 0.05) is 31.3 Å². The molecule has 2 aliphatic heterocycles. The Morgan fingerprint density at radius 2 is 1.91 bits per heavy atom. The Labute approximate surface area is 203 Å². The van der Waals surface area contributed by atoms with Gasteiger partial charge < -0.3 is 15.2 Å². The van der Waals surface area contributed by atoms with Crippen molar-refractivity contribution >= 4 is 17.6 Å². The van der Waals surface area contributed by atoms with E-state index in [1.54, 1.807) is 0 Å². The summed E-state index contributed by atoms with van der Waals surface area (Å²) in [6.45, 7) is 6.35. The van der Waals surface area contributed by atoms with Crippen molar-refractivity contribution in [2.75, 3.05) is 31.6 Å². The number of rotatable bonds is 7. The molecule has 35 heavy (non-hydrogen) atoms. The maximum Gasteiger partial charge on any atom is 0.310 e. The van der Waals surface area contributed by atoms with Crippen LogP contribution < -0.4 is 5.32 Å². The van der Waals surface area contributed by atoms with Crippen LogP contribution in [0.2, 0.25) is 0 Å². The minimum absolute atomic E-state index is 0.0327. The number of aliphatic carboxylic acids is 1. The average Bonchev–Trinajstić information content (AvgIpc) is 3.22. The molecule has 0 unspecified atom stereocenters. The number of carboxylic acids is 1. The molecule has 3 aromatic rings. The van der Waals surface area contributed by atoms with Gasteiger partial charge in [-0.15, -0.1) is 0 Å². The number of aromatic amines is 1. The number of pyridine rings is 1. The molecule has 2 aliphatic rings. The lowest BCUT2D eigenvalue weighted by Gasteiger charge is -2.54. The third-order valence-electron chi connectivity index (χ3n) is 7.49. The Balaban J connectivity index is 1.35. The number of likely N-dealkylation sites (tertiary alicyclic amines) is 1. The molecule has 0 saturated carbocycles. The number of aryl methyl sites for hydroxylation is 2. The first-order valence-corrected chi connectivity index (χ1v) is 11.9. The van der Waals surface area contributed by atoms with Gasteiger partial charge in [-0.3, -0.25) is 14.8 Å².